The van der Waals surface area contributed by atoms with Gasteiger partial charge >= 0.3 is 0 Å². The van der Waals surface area contributed by atoms with Crippen LogP contribution in [0.3, 0.4) is 0 Å². The molecule has 1 N–H and O–H groups in total. The van der Waals surface area contributed by atoms with Crippen LogP contribution in [0.25, 0.3) is 0 Å². The molecule has 1 saturated heterocycles. The number of hydrogen-bond acceptors (Lipinski definition) is 5. The lowest BCUT2D eigenvalue weighted by Gasteiger charge is -2.39. The van der Waals surface area contributed by atoms with Gasteiger partial charge in [-0.15, -0.1) is 0 Å². The average molecular weight is 434 g/mol. The fourth-order valence-electron chi connectivity index (χ4n) is 5.92. The first kappa shape index (κ1) is 21.8. The number of hydrogen-bond donors (Lipinski definition) is 1. The van der Waals surface area contributed by atoms with E-state index in [9.17, 15) is 13.2 Å². The predicted octanol–water partition coefficient (Wildman–Crippen LogP) is 2.51. The number of fused-ring (bicyclic) bond motifs is 2. The molecule has 166 valence electrons. The van der Waals surface area contributed by atoms with E-state index in [1.807, 2.05) is 6.07 Å². The summed E-state index contributed by atoms with van der Waals surface area (Å²) in [6, 6.07) is 10.5. The molecular weight excluding hydrogens is 398 g/mol. The lowest BCUT2D eigenvalue weighted by Crippen LogP contribution is -2.53. The van der Waals surface area contributed by atoms with E-state index in [2.05, 4.69) is 59.6 Å². The number of piperazine rings is 1. The third-order valence-corrected chi connectivity index (χ3v) is 9.71. The number of ketones is 1. The minimum absolute atomic E-state index is 0.0587. The van der Waals surface area contributed by atoms with Gasteiger partial charge in [0.05, 0.1) is 5.75 Å². The largest absolute Gasteiger partial charge is 0.369 e. The molecule has 0 spiro atoms. The summed E-state index contributed by atoms with van der Waals surface area (Å²) in [7, 11) is -3.51. The van der Waals surface area contributed by atoms with Crippen LogP contribution in [0.15, 0.2) is 30.3 Å². The van der Waals surface area contributed by atoms with Gasteiger partial charge in [-0.25, -0.2) is 13.1 Å². The number of Topliss-reactive ketones (excluding diaryl/α,β-unsaturated/α-hetero) is 1. The van der Waals surface area contributed by atoms with Crippen molar-refractivity contribution >= 4 is 21.5 Å². The molecule has 30 heavy (non-hydrogen) atoms. The van der Waals surface area contributed by atoms with Crippen molar-refractivity contribution in [1.82, 2.24) is 9.62 Å². The van der Waals surface area contributed by atoms with Crippen molar-refractivity contribution in [3.05, 3.63) is 30.3 Å². The Morgan fingerprint density at radius 2 is 1.80 bits per heavy atom. The van der Waals surface area contributed by atoms with Crippen LogP contribution in [0.2, 0.25) is 0 Å². The van der Waals surface area contributed by atoms with Crippen LogP contribution in [0, 0.1) is 16.7 Å². The van der Waals surface area contributed by atoms with Crippen LogP contribution in [0.4, 0.5) is 5.69 Å². The van der Waals surface area contributed by atoms with Gasteiger partial charge in [0.1, 0.15) is 5.78 Å². The number of nitrogens with one attached hydrogen (secondary N) is 1. The van der Waals surface area contributed by atoms with Gasteiger partial charge in [0, 0.05) is 56.3 Å². The Kier molecular flexibility index (Phi) is 5.75. The number of carbonyl (C=O) groups excluding carboxylic acids is 1. The van der Waals surface area contributed by atoms with E-state index in [1.54, 1.807) is 0 Å². The molecule has 3 fully saturated rings. The number of anilines is 1. The molecule has 1 aliphatic heterocycles. The number of para-hydroxylation sites is 1. The van der Waals surface area contributed by atoms with Gasteiger partial charge < -0.3 is 4.90 Å². The summed E-state index contributed by atoms with van der Waals surface area (Å²) >= 11 is 0. The van der Waals surface area contributed by atoms with E-state index < -0.39 is 15.4 Å². The molecule has 7 heteroatoms. The van der Waals surface area contributed by atoms with Crippen LogP contribution in [0.5, 0.6) is 0 Å². The molecule has 2 aliphatic carbocycles. The summed E-state index contributed by atoms with van der Waals surface area (Å²) in [6.45, 7) is 10.3. The molecule has 1 aromatic carbocycles. The summed E-state index contributed by atoms with van der Waals surface area (Å²) in [5.41, 5.74) is 0.315. The Hall–Kier alpha value is -1.44. The van der Waals surface area contributed by atoms with Crippen molar-refractivity contribution in [2.75, 3.05) is 43.4 Å². The van der Waals surface area contributed by atoms with E-state index in [-0.39, 0.29) is 23.0 Å². The fraction of sp³-hybridized carbons (Fsp3) is 0.696. The third-order valence-electron chi connectivity index (χ3n) is 8.23. The standard InChI is InChI=1S/C23H35N3O3S/c1-18(25-11-13-26(14-12-25)20-7-5-4-6-8-20)16-24-30(28,29)17-23-10-9-19(15-21(23)27)22(23,2)3/h4-8,18-19,24H,9-17H2,1-3H3/t18-,19+,23+/m1/s1. The Bertz CT molecular complexity index is 878. The van der Waals surface area contributed by atoms with Gasteiger partial charge in [-0.3, -0.25) is 9.69 Å². The quantitative estimate of drug-likeness (QED) is 0.716. The van der Waals surface area contributed by atoms with Gasteiger partial charge in [0.25, 0.3) is 0 Å². The Morgan fingerprint density at radius 3 is 2.37 bits per heavy atom. The zero-order valence-corrected chi connectivity index (χ0v) is 19.2. The van der Waals surface area contributed by atoms with E-state index in [0.717, 1.165) is 32.6 Å². The van der Waals surface area contributed by atoms with E-state index in [1.165, 1.54) is 5.69 Å². The van der Waals surface area contributed by atoms with E-state index in [4.69, 9.17) is 0 Å². The highest BCUT2D eigenvalue weighted by Gasteiger charge is 2.65. The lowest BCUT2D eigenvalue weighted by molar-refractivity contribution is -0.128. The van der Waals surface area contributed by atoms with Gasteiger partial charge in [0.2, 0.25) is 10.0 Å². The minimum Gasteiger partial charge on any atom is -0.369 e. The first-order valence-corrected chi connectivity index (χ1v) is 12.8. The molecule has 2 bridgehead atoms. The highest BCUT2D eigenvalue weighted by Crippen LogP contribution is 2.64. The molecule has 2 saturated carbocycles. The summed E-state index contributed by atoms with van der Waals surface area (Å²) in [5.74, 6) is 0.427. The highest BCUT2D eigenvalue weighted by molar-refractivity contribution is 7.89. The van der Waals surface area contributed by atoms with Crippen molar-refractivity contribution in [2.24, 2.45) is 16.7 Å². The fourth-order valence-corrected chi connectivity index (χ4v) is 7.84. The SMILES string of the molecule is C[C@H](CNS(=O)(=O)C[C@@]12CC[C@@H](CC1=O)C2(C)C)N1CCN(c2ccccc2)CC1. The summed E-state index contributed by atoms with van der Waals surface area (Å²) in [5, 5.41) is 0. The Morgan fingerprint density at radius 1 is 1.13 bits per heavy atom. The monoisotopic (exact) mass is 433 g/mol. The Balaban J connectivity index is 1.31. The maximum Gasteiger partial charge on any atom is 0.212 e. The molecule has 1 aromatic rings. The smallest absolute Gasteiger partial charge is 0.212 e. The van der Waals surface area contributed by atoms with Gasteiger partial charge in [-0.1, -0.05) is 32.0 Å². The first-order valence-electron chi connectivity index (χ1n) is 11.2. The normalized spacial score (nSPS) is 30.0. The van der Waals surface area contributed by atoms with Crippen LogP contribution >= 0.6 is 0 Å². The van der Waals surface area contributed by atoms with Crippen LogP contribution in [-0.2, 0) is 14.8 Å². The molecule has 0 amide bonds. The van der Waals surface area contributed by atoms with Gasteiger partial charge in [-0.05, 0) is 43.2 Å². The first-order chi connectivity index (χ1) is 14.1. The molecule has 0 aromatic heterocycles. The second-order valence-corrected chi connectivity index (χ2v) is 11.8. The van der Waals surface area contributed by atoms with E-state index >= 15 is 0 Å². The van der Waals surface area contributed by atoms with Crippen molar-refractivity contribution < 1.29 is 13.2 Å². The maximum atomic E-state index is 12.9. The second-order valence-electron chi connectivity index (χ2n) is 9.98. The topological polar surface area (TPSA) is 69.7 Å². The van der Waals surface area contributed by atoms with Crippen molar-refractivity contribution in [2.45, 2.75) is 46.1 Å². The van der Waals surface area contributed by atoms with E-state index in [0.29, 0.717) is 25.3 Å². The zero-order valence-electron chi connectivity index (χ0n) is 18.4. The zero-order chi connectivity index (χ0) is 21.6. The molecule has 3 aliphatic rings. The van der Waals surface area contributed by atoms with Crippen molar-refractivity contribution in [1.29, 1.82) is 0 Å². The summed E-state index contributed by atoms with van der Waals surface area (Å²) < 4.78 is 28.7. The number of sulfonamides is 1. The molecule has 0 unspecified atom stereocenters. The third kappa shape index (κ3) is 3.80. The van der Waals surface area contributed by atoms with Crippen LogP contribution < -0.4 is 9.62 Å². The van der Waals surface area contributed by atoms with Crippen LogP contribution in [0.1, 0.15) is 40.0 Å². The molecular formula is C23H35N3O3S. The number of nitrogens with zero attached hydrogens (tertiary/aromatic N) is 2. The molecule has 6 nitrogen and oxygen atoms in total. The van der Waals surface area contributed by atoms with Crippen LogP contribution in [-0.4, -0.2) is 63.6 Å². The second kappa shape index (κ2) is 7.92. The molecule has 3 atom stereocenters. The number of carbonyl (C=O) groups is 1. The molecule has 0 radical (unpaired) electrons. The summed E-state index contributed by atoms with van der Waals surface area (Å²) in [6.07, 6.45) is 2.22. The maximum absolute atomic E-state index is 12.9. The number of rotatable bonds is 7. The minimum atomic E-state index is -3.51. The predicted molar refractivity (Wildman–Crippen MR) is 120 cm³/mol. The molecule has 1 heterocycles. The van der Waals surface area contributed by atoms with Gasteiger partial charge in [0.15, 0.2) is 0 Å². The molecule has 4 rings (SSSR count). The highest BCUT2D eigenvalue weighted by atomic mass is 32.2. The summed E-state index contributed by atoms with van der Waals surface area (Å²) in [4.78, 5) is 17.4. The number of benzene rings is 1. The lowest BCUT2D eigenvalue weighted by atomic mass is 9.70. The Labute approximate surface area is 181 Å². The average Bonchev–Trinajstić information content (AvgIpc) is 3.07. The van der Waals surface area contributed by atoms with Crippen molar-refractivity contribution in [3.8, 4) is 0 Å². The van der Waals surface area contributed by atoms with Gasteiger partial charge in [-0.2, -0.15) is 0 Å². The van der Waals surface area contributed by atoms with Crippen molar-refractivity contribution in [3.63, 3.8) is 0 Å².